The Labute approximate surface area is 189 Å². The Morgan fingerprint density at radius 1 is 1.18 bits per heavy atom. The van der Waals surface area contributed by atoms with Crippen molar-refractivity contribution in [1.29, 1.82) is 0 Å². The average molecular weight is 456 g/mol. The molecule has 2 aromatic carbocycles. The summed E-state index contributed by atoms with van der Waals surface area (Å²) in [5, 5.41) is 12.0. The van der Waals surface area contributed by atoms with Crippen molar-refractivity contribution in [3.8, 4) is 5.75 Å². The van der Waals surface area contributed by atoms with Crippen LogP contribution < -0.4 is 21.4 Å². The van der Waals surface area contributed by atoms with Crippen LogP contribution in [-0.2, 0) is 17.9 Å². The topological polar surface area (TPSA) is 115 Å². The van der Waals surface area contributed by atoms with Crippen LogP contribution in [0.2, 0.25) is 0 Å². The van der Waals surface area contributed by atoms with Crippen LogP contribution in [0.3, 0.4) is 0 Å². The van der Waals surface area contributed by atoms with Crippen molar-refractivity contribution < 1.29 is 19.0 Å². The van der Waals surface area contributed by atoms with Gasteiger partial charge in [0.15, 0.2) is 11.6 Å². The predicted molar refractivity (Wildman–Crippen MR) is 121 cm³/mol. The number of carboxylic acids is 1. The molecule has 1 heterocycles. The highest BCUT2D eigenvalue weighted by molar-refractivity contribution is 5.69. The molecule has 0 amide bonds. The van der Waals surface area contributed by atoms with Gasteiger partial charge in [0.05, 0.1) is 19.1 Å². The summed E-state index contributed by atoms with van der Waals surface area (Å²) < 4.78 is 21.5. The number of nitrogens with one attached hydrogen (secondary N) is 1. The number of aromatic nitrogens is 3. The SMILES string of the molecule is CCOc1ccc(Nc2nc(=O)n(C[C@H](C)C(=O)O)c(=O)n2Cc2ccc(C)cc2)cc1F. The van der Waals surface area contributed by atoms with Crippen molar-refractivity contribution in [3.05, 3.63) is 80.4 Å². The second-order valence-electron chi connectivity index (χ2n) is 7.63. The summed E-state index contributed by atoms with van der Waals surface area (Å²) in [5.74, 6) is -2.74. The molecule has 1 atom stereocenters. The fourth-order valence-corrected chi connectivity index (χ4v) is 3.13. The number of rotatable bonds is 9. The lowest BCUT2D eigenvalue weighted by Crippen LogP contribution is -2.44. The van der Waals surface area contributed by atoms with E-state index in [1.54, 1.807) is 6.92 Å². The number of carboxylic acid groups (broad SMARTS) is 1. The fourth-order valence-electron chi connectivity index (χ4n) is 3.13. The summed E-state index contributed by atoms with van der Waals surface area (Å²) in [7, 11) is 0. The lowest BCUT2D eigenvalue weighted by molar-refractivity contribution is -0.141. The normalized spacial score (nSPS) is 11.8. The largest absolute Gasteiger partial charge is 0.491 e. The van der Waals surface area contributed by atoms with E-state index in [4.69, 9.17) is 4.74 Å². The molecule has 0 fully saturated rings. The Balaban J connectivity index is 2.06. The van der Waals surface area contributed by atoms with Gasteiger partial charge < -0.3 is 15.2 Å². The van der Waals surface area contributed by atoms with Crippen LogP contribution in [0.4, 0.5) is 16.0 Å². The van der Waals surface area contributed by atoms with E-state index < -0.39 is 29.1 Å². The van der Waals surface area contributed by atoms with Crippen LogP contribution in [0.1, 0.15) is 25.0 Å². The molecular formula is C23H25FN4O5. The Hall–Kier alpha value is -3.95. The van der Waals surface area contributed by atoms with Gasteiger partial charge in [0.1, 0.15) is 0 Å². The van der Waals surface area contributed by atoms with Crippen LogP contribution in [0.15, 0.2) is 52.1 Å². The van der Waals surface area contributed by atoms with Crippen LogP contribution in [0.5, 0.6) is 5.75 Å². The van der Waals surface area contributed by atoms with Crippen molar-refractivity contribution in [2.45, 2.75) is 33.9 Å². The van der Waals surface area contributed by atoms with Gasteiger partial charge in [0.2, 0.25) is 5.95 Å². The minimum atomic E-state index is -1.14. The van der Waals surface area contributed by atoms with E-state index in [2.05, 4.69) is 10.3 Å². The molecule has 0 bridgehead atoms. The molecule has 0 aliphatic heterocycles. The lowest BCUT2D eigenvalue weighted by atomic mass is 10.1. The molecule has 0 aliphatic carbocycles. The molecule has 1 aromatic heterocycles. The van der Waals surface area contributed by atoms with Crippen LogP contribution in [0.25, 0.3) is 0 Å². The third kappa shape index (κ3) is 5.65. The number of benzene rings is 2. The molecule has 0 spiro atoms. The molecular weight excluding hydrogens is 431 g/mol. The zero-order valence-corrected chi connectivity index (χ0v) is 18.5. The Morgan fingerprint density at radius 2 is 1.88 bits per heavy atom. The molecule has 174 valence electrons. The van der Waals surface area contributed by atoms with Crippen LogP contribution >= 0.6 is 0 Å². The Kier molecular flexibility index (Phi) is 7.27. The minimum Gasteiger partial charge on any atom is -0.491 e. The number of aryl methyl sites for hydroxylation is 1. The van der Waals surface area contributed by atoms with E-state index in [1.807, 2.05) is 31.2 Å². The van der Waals surface area contributed by atoms with Crippen molar-refractivity contribution >= 4 is 17.6 Å². The third-order valence-corrected chi connectivity index (χ3v) is 4.98. The molecule has 3 rings (SSSR count). The first-order valence-corrected chi connectivity index (χ1v) is 10.4. The van der Waals surface area contributed by atoms with Gasteiger partial charge in [-0.15, -0.1) is 0 Å². The van der Waals surface area contributed by atoms with Gasteiger partial charge in [-0.1, -0.05) is 36.8 Å². The molecule has 0 aliphatic rings. The molecule has 33 heavy (non-hydrogen) atoms. The highest BCUT2D eigenvalue weighted by atomic mass is 19.1. The molecule has 0 unspecified atom stereocenters. The van der Waals surface area contributed by atoms with E-state index in [-0.39, 0.29) is 30.5 Å². The first-order valence-electron chi connectivity index (χ1n) is 10.4. The van der Waals surface area contributed by atoms with Crippen LogP contribution in [-0.4, -0.2) is 31.8 Å². The monoisotopic (exact) mass is 456 g/mol. The summed E-state index contributed by atoms with van der Waals surface area (Å²) in [6, 6.07) is 11.6. The number of halogens is 1. The van der Waals surface area contributed by atoms with E-state index in [9.17, 15) is 23.9 Å². The Morgan fingerprint density at radius 3 is 2.48 bits per heavy atom. The van der Waals surface area contributed by atoms with Crippen molar-refractivity contribution in [2.75, 3.05) is 11.9 Å². The van der Waals surface area contributed by atoms with Gasteiger partial charge in [-0.25, -0.2) is 18.5 Å². The van der Waals surface area contributed by atoms with Gasteiger partial charge in [0, 0.05) is 18.3 Å². The molecule has 9 nitrogen and oxygen atoms in total. The lowest BCUT2D eigenvalue weighted by Gasteiger charge is -2.17. The number of hydrogen-bond acceptors (Lipinski definition) is 6. The standard InChI is InChI=1S/C23H25FN4O5/c1-4-33-19-10-9-17(11-18(19)24)25-21-26-22(31)28(12-15(3)20(29)30)23(32)27(21)13-16-7-5-14(2)6-8-16/h5-11,15H,4,12-13H2,1-3H3,(H,29,30)(H,25,26,31)/t15-/m0/s1. The quantitative estimate of drug-likeness (QED) is 0.509. The van der Waals surface area contributed by atoms with E-state index in [1.165, 1.54) is 29.7 Å². The van der Waals surface area contributed by atoms with Gasteiger partial charge >= 0.3 is 17.3 Å². The smallest absolute Gasteiger partial charge is 0.354 e. The maximum atomic E-state index is 14.3. The van der Waals surface area contributed by atoms with Gasteiger partial charge in [-0.2, -0.15) is 4.98 Å². The minimum absolute atomic E-state index is 0.0652. The second kappa shape index (κ2) is 10.1. The summed E-state index contributed by atoms with van der Waals surface area (Å²) >= 11 is 0. The van der Waals surface area contributed by atoms with Crippen molar-refractivity contribution in [1.82, 2.24) is 14.1 Å². The van der Waals surface area contributed by atoms with Gasteiger partial charge in [-0.05, 0) is 31.5 Å². The number of aliphatic carboxylic acids is 1. The number of ether oxygens (including phenoxy) is 1. The van der Waals surface area contributed by atoms with Crippen molar-refractivity contribution in [3.63, 3.8) is 0 Å². The van der Waals surface area contributed by atoms with Crippen molar-refractivity contribution in [2.24, 2.45) is 5.92 Å². The predicted octanol–water partition coefficient (Wildman–Crippen LogP) is 2.76. The first-order chi connectivity index (χ1) is 15.7. The highest BCUT2D eigenvalue weighted by Crippen LogP contribution is 2.23. The first kappa shape index (κ1) is 23.7. The van der Waals surface area contributed by atoms with Gasteiger partial charge in [0.25, 0.3) is 0 Å². The summed E-state index contributed by atoms with van der Waals surface area (Å²) in [6.45, 7) is 5.10. The number of carbonyl (C=O) groups is 1. The summed E-state index contributed by atoms with van der Waals surface area (Å²) in [5.41, 5.74) is 0.436. The second-order valence-corrected chi connectivity index (χ2v) is 7.63. The average Bonchev–Trinajstić information content (AvgIpc) is 2.77. The molecule has 0 saturated heterocycles. The highest BCUT2D eigenvalue weighted by Gasteiger charge is 2.19. The maximum Gasteiger partial charge on any atom is 0.354 e. The van der Waals surface area contributed by atoms with E-state index >= 15 is 0 Å². The van der Waals surface area contributed by atoms with Gasteiger partial charge in [-0.3, -0.25) is 9.36 Å². The summed E-state index contributed by atoms with van der Waals surface area (Å²) in [6.07, 6.45) is 0. The number of nitrogens with zero attached hydrogens (tertiary/aromatic N) is 3. The molecule has 3 aromatic rings. The maximum absolute atomic E-state index is 14.3. The summed E-state index contributed by atoms with van der Waals surface area (Å²) in [4.78, 5) is 41.0. The van der Waals surface area contributed by atoms with E-state index in [0.29, 0.717) is 6.61 Å². The molecule has 10 heteroatoms. The number of hydrogen-bond donors (Lipinski definition) is 2. The third-order valence-electron chi connectivity index (χ3n) is 4.98. The zero-order valence-electron chi connectivity index (χ0n) is 18.5. The molecule has 0 saturated carbocycles. The Bertz CT molecular complexity index is 1270. The number of anilines is 2. The zero-order chi connectivity index (χ0) is 24.1. The fraction of sp³-hybridized carbons (Fsp3) is 0.304. The van der Waals surface area contributed by atoms with E-state index in [0.717, 1.165) is 15.7 Å². The molecule has 2 N–H and O–H groups in total. The molecule has 0 radical (unpaired) electrons. The van der Waals surface area contributed by atoms with Crippen LogP contribution in [0, 0.1) is 18.7 Å².